The Bertz CT molecular complexity index is 221. The molecule has 0 aliphatic heterocycles. The molecule has 0 aliphatic carbocycles. The van der Waals surface area contributed by atoms with E-state index in [0.29, 0.717) is 11.3 Å². The second-order valence-corrected chi connectivity index (χ2v) is 6.80. The lowest BCUT2D eigenvalue weighted by atomic mass is 9.82. The van der Waals surface area contributed by atoms with Gasteiger partial charge >= 0.3 is 5.97 Å². The predicted octanol–water partition coefficient (Wildman–Crippen LogP) is 4.25. The van der Waals surface area contributed by atoms with Crippen LogP contribution in [0, 0.1) is 17.3 Å². The summed E-state index contributed by atoms with van der Waals surface area (Å²) in [5.41, 5.74) is 0.337. The summed E-state index contributed by atoms with van der Waals surface area (Å²) in [5, 5.41) is 9.12. The van der Waals surface area contributed by atoms with Crippen molar-refractivity contribution in [2.75, 3.05) is 5.75 Å². The molecule has 102 valence electrons. The number of hydrogen-bond donors (Lipinski definition) is 2. The van der Waals surface area contributed by atoms with Gasteiger partial charge in [-0.2, -0.15) is 12.6 Å². The average Bonchev–Trinajstić information content (AvgIpc) is 2.14. The average molecular weight is 260 g/mol. The minimum atomic E-state index is -0.644. The minimum absolute atomic E-state index is 0.176. The van der Waals surface area contributed by atoms with Gasteiger partial charge in [-0.25, -0.2) is 0 Å². The van der Waals surface area contributed by atoms with E-state index in [-0.39, 0.29) is 5.92 Å². The van der Waals surface area contributed by atoms with Crippen LogP contribution >= 0.6 is 12.6 Å². The van der Waals surface area contributed by atoms with Crippen molar-refractivity contribution in [2.24, 2.45) is 17.3 Å². The molecule has 0 rings (SSSR count). The molecule has 1 N–H and O–H groups in total. The molecular formula is C14H28O2S. The van der Waals surface area contributed by atoms with E-state index in [4.69, 9.17) is 5.11 Å². The van der Waals surface area contributed by atoms with Crippen LogP contribution in [0.3, 0.4) is 0 Å². The van der Waals surface area contributed by atoms with E-state index in [9.17, 15) is 4.79 Å². The van der Waals surface area contributed by atoms with Crippen molar-refractivity contribution < 1.29 is 9.90 Å². The highest BCUT2D eigenvalue weighted by atomic mass is 32.1. The summed E-state index contributed by atoms with van der Waals surface area (Å²) in [6.07, 6.45) is 4.64. The van der Waals surface area contributed by atoms with Gasteiger partial charge in [-0.1, -0.05) is 27.7 Å². The van der Waals surface area contributed by atoms with Crippen molar-refractivity contribution in [3.8, 4) is 0 Å². The monoisotopic (exact) mass is 260 g/mol. The number of carboxylic acids is 1. The van der Waals surface area contributed by atoms with Crippen LogP contribution in [0.4, 0.5) is 0 Å². The van der Waals surface area contributed by atoms with Gasteiger partial charge < -0.3 is 5.11 Å². The second kappa shape index (κ2) is 8.02. The van der Waals surface area contributed by atoms with E-state index in [2.05, 4.69) is 40.3 Å². The first-order valence-electron chi connectivity index (χ1n) is 6.60. The highest BCUT2D eigenvalue weighted by molar-refractivity contribution is 7.80. The number of carbonyl (C=O) groups is 1. The Morgan fingerprint density at radius 3 is 2.24 bits per heavy atom. The number of hydrogen-bond acceptors (Lipinski definition) is 2. The molecule has 0 spiro atoms. The van der Waals surface area contributed by atoms with Gasteiger partial charge in [0.05, 0.1) is 5.92 Å². The molecule has 0 fully saturated rings. The van der Waals surface area contributed by atoms with Gasteiger partial charge in [-0.05, 0) is 49.2 Å². The van der Waals surface area contributed by atoms with Gasteiger partial charge in [-0.15, -0.1) is 0 Å². The molecule has 0 aromatic carbocycles. The highest BCUT2D eigenvalue weighted by Crippen LogP contribution is 2.28. The van der Waals surface area contributed by atoms with Crippen LogP contribution in [0.5, 0.6) is 0 Å². The molecule has 2 unspecified atom stereocenters. The maximum absolute atomic E-state index is 11.1. The molecule has 2 nitrogen and oxygen atoms in total. The summed E-state index contributed by atoms with van der Waals surface area (Å²) in [6.45, 7) is 8.93. The normalized spacial score (nSPS) is 15.6. The standard InChI is InChI=1S/C14H28O2S/c1-11(10-14(2,3)4)7-8-12(13(15)16)6-5-9-17/h11-12,17H,5-10H2,1-4H3,(H,15,16). The van der Waals surface area contributed by atoms with Crippen molar-refractivity contribution in [1.29, 1.82) is 0 Å². The second-order valence-electron chi connectivity index (χ2n) is 6.35. The maximum atomic E-state index is 11.1. The molecule has 0 aliphatic rings. The number of thiol groups is 1. The Morgan fingerprint density at radius 2 is 1.82 bits per heavy atom. The first-order chi connectivity index (χ1) is 7.76. The molecule has 0 saturated heterocycles. The van der Waals surface area contributed by atoms with Gasteiger partial charge in [-0.3, -0.25) is 4.79 Å². The molecule has 0 bridgehead atoms. The number of aliphatic carboxylic acids is 1. The molecule has 0 saturated carbocycles. The smallest absolute Gasteiger partial charge is 0.306 e. The Morgan fingerprint density at radius 1 is 1.24 bits per heavy atom. The van der Waals surface area contributed by atoms with Crippen molar-refractivity contribution in [2.45, 2.75) is 59.8 Å². The van der Waals surface area contributed by atoms with Crippen molar-refractivity contribution in [3.63, 3.8) is 0 Å². The van der Waals surface area contributed by atoms with Gasteiger partial charge in [0.1, 0.15) is 0 Å². The van der Waals surface area contributed by atoms with Gasteiger partial charge in [0.15, 0.2) is 0 Å². The Hall–Kier alpha value is -0.180. The van der Waals surface area contributed by atoms with E-state index in [1.165, 1.54) is 0 Å². The fraction of sp³-hybridized carbons (Fsp3) is 0.929. The zero-order valence-corrected chi connectivity index (χ0v) is 12.6. The molecule has 0 aromatic heterocycles. The third-order valence-electron chi connectivity index (χ3n) is 3.03. The van der Waals surface area contributed by atoms with Crippen LogP contribution in [0.1, 0.15) is 59.8 Å². The zero-order valence-electron chi connectivity index (χ0n) is 11.7. The van der Waals surface area contributed by atoms with Crippen molar-refractivity contribution in [3.05, 3.63) is 0 Å². The molecular weight excluding hydrogens is 232 g/mol. The highest BCUT2D eigenvalue weighted by Gasteiger charge is 2.20. The molecule has 2 atom stereocenters. The Balaban J connectivity index is 3.99. The summed E-state index contributed by atoms with van der Waals surface area (Å²) >= 11 is 4.14. The third-order valence-corrected chi connectivity index (χ3v) is 3.34. The molecule has 3 heteroatoms. The Labute approximate surface area is 112 Å². The lowest BCUT2D eigenvalue weighted by molar-refractivity contribution is -0.142. The topological polar surface area (TPSA) is 37.3 Å². The molecule has 0 aromatic rings. The lowest BCUT2D eigenvalue weighted by Gasteiger charge is -2.24. The maximum Gasteiger partial charge on any atom is 0.306 e. The summed E-state index contributed by atoms with van der Waals surface area (Å²) in [5.74, 6) is 0.564. The van der Waals surface area contributed by atoms with Gasteiger partial charge in [0, 0.05) is 0 Å². The summed E-state index contributed by atoms with van der Waals surface area (Å²) in [6, 6.07) is 0. The fourth-order valence-electron chi connectivity index (χ4n) is 2.36. The predicted molar refractivity (Wildman–Crippen MR) is 76.7 cm³/mol. The molecule has 0 radical (unpaired) electrons. The van der Waals surface area contributed by atoms with Gasteiger partial charge in [0.25, 0.3) is 0 Å². The van der Waals surface area contributed by atoms with Crippen LogP contribution in [0.2, 0.25) is 0 Å². The quantitative estimate of drug-likeness (QED) is 0.640. The van der Waals surface area contributed by atoms with Crippen molar-refractivity contribution >= 4 is 18.6 Å². The lowest BCUT2D eigenvalue weighted by Crippen LogP contribution is -2.17. The number of carboxylic acid groups (broad SMARTS) is 1. The molecule has 0 amide bonds. The van der Waals surface area contributed by atoms with Crippen LogP contribution in [-0.2, 0) is 4.79 Å². The first-order valence-corrected chi connectivity index (χ1v) is 7.23. The van der Waals surface area contributed by atoms with E-state index in [1.807, 2.05) is 0 Å². The molecule has 0 heterocycles. The minimum Gasteiger partial charge on any atom is -0.481 e. The summed E-state index contributed by atoms with van der Waals surface area (Å²) in [4.78, 5) is 11.1. The van der Waals surface area contributed by atoms with Crippen LogP contribution in [0.15, 0.2) is 0 Å². The van der Waals surface area contributed by atoms with Gasteiger partial charge in [0.2, 0.25) is 0 Å². The van der Waals surface area contributed by atoms with Crippen LogP contribution in [0.25, 0.3) is 0 Å². The molecule has 17 heavy (non-hydrogen) atoms. The van der Waals surface area contributed by atoms with Crippen LogP contribution in [-0.4, -0.2) is 16.8 Å². The Kier molecular flexibility index (Phi) is 7.93. The zero-order chi connectivity index (χ0) is 13.5. The fourth-order valence-corrected chi connectivity index (χ4v) is 2.54. The largest absolute Gasteiger partial charge is 0.481 e. The van der Waals surface area contributed by atoms with Crippen molar-refractivity contribution in [1.82, 2.24) is 0 Å². The summed E-state index contributed by atoms with van der Waals surface area (Å²) < 4.78 is 0. The summed E-state index contributed by atoms with van der Waals surface area (Å²) in [7, 11) is 0. The van der Waals surface area contributed by atoms with Crippen LogP contribution < -0.4 is 0 Å². The number of rotatable bonds is 8. The van der Waals surface area contributed by atoms with E-state index in [1.54, 1.807) is 0 Å². The van der Waals surface area contributed by atoms with E-state index in [0.717, 1.165) is 37.9 Å². The van der Waals surface area contributed by atoms with E-state index < -0.39 is 5.97 Å². The first kappa shape index (κ1) is 16.8. The SMILES string of the molecule is CC(CCC(CCCS)C(=O)O)CC(C)(C)C. The van der Waals surface area contributed by atoms with E-state index >= 15 is 0 Å². The third kappa shape index (κ3) is 9.51.